The lowest BCUT2D eigenvalue weighted by Crippen LogP contribution is -2.50. The van der Waals surface area contributed by atoms with Crippen LogP contribution < -0.4 is 5.32 Å². The van der Waals surface area contributed by atoms with E-state index in [4.69, 9.17) is 10.3 Å². The van der Waals surface area contributed by atoms with Gasteiger partial charge in [-0.2, -0.15) is 9.57 Å². The number of hydrogen-bond donors (Lipinski definition) is 1. The maximum atomic E-state index is 12.8. The van der Waals surface area contributed by atoms with E-state index in [1.807, 2.05) is 6.07 Å². The molecule has 1 amide bonds. The zero-order valence-corrected chi connectivity index (χ0v) is 18.6. The molecule has 0 unspecified atom stereocenters. The van der Waals surface area contributed by atoms with E-state index in [1.54, 1.807) is 24.3 Å². The van der Waals surface area contributed by atoms with Crippen molar-refractivity contribution >= 4 is 27.8 Å². The third-order valence-electron chi connectivity index (χ3n) is 6.76. The number of hydrogen-bond acceptors (Lipinski definition) is 5. The van der Waals surface area contributed by atoms with Gasteiger partial charge in [0.05, 0.1) is 11.6 Å². The highest BCUT2D eigenvalue weighted by Crippen LogP contribution is 2.36. The average molecular weight is 441 g/mol. The summed E-state index contributed by atoms with van der Waals surface area (Å²) in [6, 6.07) is 8.83. The van der Waals surface area contributed by atoms with Crippen molar-refractivity contribution < 1.29 is 13.2 Å². The van der Waals surface area contributed by atoms with Gasteiger partial charge in [-0.05, 0) is 55.4 Å². The SMILES string of the molecule is CC1CCC(C2=NC3(CCN(S(=O)(=O)C=Cc4cccc(C#N)c4)CC3)C(=O)N2)CC1. The number of amidine groups is 1. The van der Waals surface area contributed by atoms with Crippen molar-refractivity contribution in [2.45, 2.75) is 51.0 Å². The number of rotatable bonds is 4. The van der Waals surface area contributed by atoms with Gasteiger partial charge in [-0.25, -0.2) is 8.42 Å². The molecule has 0 aromatic heterocycles. The van der Waals surface area contributed by atoms with Crippen LogP contribution >= 0.6 is 0 Å². The van der Waals surface area contributed by atoms with E-state index >= 15 is 0 Å². The van der Waals surface area contributed by atoms with Crippen LogP contribution in [0.1, 0.15) is 56.6 Å². The minimum absolute atomic E-state index is 0.0815. The highest BCUT2D eigenvalue weighted by Gasteiger charge is 2.48. The third-order valence-corrected chi connectivity index (χ3v) is 8.32. The number of nitrogens with one attached hydrogen (secondary N) is 1. The molecule has 1 spiro atoms. The molecule has 2 aliphatic heterocycles. The van der Waals surface area contributed by atoms with E-state index in [9.17, 15) is 13.2 Å². The number of piperidine rings is 1. The fraction of sp³-hybridized carbons (Fsp3) is 0.522. The number of aliphatic imine (C=N–C) groups is 1. The van der Waals surface area contributed by atoms with Gasteiger partial charge >= 0.3 is 0 Å². The molecule has 4 rings (SSSR count). The molecule has 1 saturated heterocycles. The summed E-state index contributed by atoms with van der Waals surface area (Å²) in [5, 5.41) is 13.2. The predicted octanol–water partition coefficient (Wildman–Crippen LogP) is 3.05. The van der Waals surface area contributed by atoms with Gasteiger partial charge in [-0.3, -0.25) is 9.79 Å². The van der Waals surface area contributed by atoms with Crippen LogP contribution in [0.15, 0.2) is 34.7 Å². The summed E-state index contributed by atoms with van der Waals surface area (Å²) in [6.45, 7) is 2.78. The van der Waals surface area contributed by atoms with E-state index < -0.39 is 15.6 Å². The molecule has 3 aliphatic rings. The van der Waals surface area contributed by atoms with E-state index in [-0.39, 0.29) is 19.0 Å². The Morgan fingerprint density at radius 2 is 1.94 bits per heavy atom. The Kier molecular flexibility index (Phi) is 6.00. The standard InChI is InChI=1S/C23H28N4O3S/c1-17-5-7-20(8-6-17)21-25-22(28)23(26-21)10-12-27(13-11-23)31(29,30)14-9-18-3-2-4-19(15-18)16-24/h2-4,9,14-15,17,20H,5-8,10-13H2,1H3,(H,25,26,28). The fourth-order valence-corrected chi connectivity index (χ4v) is 5.87. The van der Waals surface area contributed by atoms with Crippen LogP contribution in [0.25, 0.3) is 6.08 Å². The van der Waals surface area contributed by atoms with E-state index in [1.165, 1.54) is 15.8 Å². The van der Waals surface area contributed by atoms with Crippen LogP contribution in [0.3, 0.4) is 0 Å². The first-order chi connectivity index (χ1) is 14.8. The monoisotopic (exact) mass is 440 g/mol. The Bertz CT molecular complexity index is 1050. The first-order valence-corrected chi connectivity index (χ1v) is 12.4. The van der Waals surface area contributed by atoms with Crippen molar-refractivity contribution in [3.8, 4) is 6.07 Å². The highest BCUT2D eigenvalue weighted by molar-refractivity contribution is 7.92. The molecule has 1 aliphatic carbocycles. The van der Waals surface area contributed by atoms with E-state index in [0.717, 1.165) is 37.4 Å². The second kappa shape index (κ2) is 8.56. The largest absolute Gasteiger partial charge is 0.312 e. The second-order valence-electron chi connectivity index (χ2n) is 8.92. The molecular formula is C23H28N4O3S. The van der Waals surface area contributed by atoms with Crippen LogP contribution in [0.2, 0.25) is 0 Å². The van der Waals surface area contributed by atoms with E-state index in [0.29, 0.717) is 29.9 Å². The minimum atomic E-state index is -3.62. The van der Waals surface area contributed by atoms with Gasteiger partial charge in [0.15, 0.2) is 0 Å². The van der Waals surface area contributed by atoms with Crippen molar-refractivity contribution in [2.24, 2.45) is 16.8 Å². The smallest absolute Gasteiger partial charge is 0.253 e. The van der Waals surface area contributed by atoms with Gasteiger partial charge in [0.2, 0.25) is 10.0 Å². The first-order valence-electron chi connectivity index (χ1n) is 10.9. The summed E-state index contributed by atoms with van der Waals surface area (Å²) in [4.78, 5) is 17.6. The first kappa shape index (κ1) is 21.7. The Morgan fingerprint density at radius 1 is 1.23 bits per heavy atom. The molecule has 31 heavy (non-hydrogen) atoms. The maximum Gasteiger partial charge on any atom is 0.253 e. The number of carbonyl (C=O) groups excluding carboxylic acids is 1. The van der Waals surface area contributed by atoms with Crippen molar-refractivity contribution in [1.82, 2.24) is 9.62 Å². The molecule has 7 nitrogen and oxygen atoms in total. The topological polar surface area (TPSA) is 103 Å². The second-order valence-corrected chi connectivity index (χ2v) is 10.7. The molecular weight excluding hydrogens is 412 g/mol. The lowest BCUT2D eigenvalue weighted by atomic mass is 9.82. The van der Waals surface area contributed by atoms with Gasteiger partial charge < -0.3 is 5.32 Å². The number of sulfonamides is 1. The molecule has 8 heteroatoms. The molecule has 0 radical (unpaired) electrons. The number of nitriles is 1. The van der Waals surface area contributed by atoms with Crippen LogP contribution in [-0.2, 0) is 14.8 Å². The van der Waals surface area contributed by atoms with Gasteiger partial charge in [0.1, 0.15) is 11.4 Å². The zero-order valence-electron chi connectivity index (χ0n) is 17.8. The van der Waals surface area contributed by atoms with Crippen molar-refractivity contribution in [3.63, 3.8) is 0 Å². The summed E-state index contributed by atoms with van der Waals surface area (Å²) in [7, 11) is -3.62. The molecule has 2 fully saturated rings. The lowest BCUT2D eigenvalue weighted by molar-refractivity contribution is -0.124. The zero-order chi connectivity index (χ0) is 22.1. The Labute approximate surface area is 183 Å². The Morgan fingerprint density at radius 3 is 2.61 bits per heavy atom. The molecule has 0 atom stereocenters. The number of amides is 1. The summed E-state index contributed by atoms with van der Waals surface area (Å²) in [6.07, 6.45) is 6.70. The van der Waals surface area contributed by atoms with Crippen LogP contribution in [0.5, 0.6) is 0 Å². The van der Waals surface area contributed by atoms with Crippen molar-refractivity contribution in [1.29, 1.82) is 5.26 Å². The molecule has 2 heterocycles. The van der Waals surface area contributed by atoms with Gasteiger partial charge in [0, 0.05) is 24.4 Å². The minimum Gasteiger partial charge on any atom is -0.312 e. The summed E-state index contributed by atoms with van der Waals surface area (Å²) >= 11 is 0. The average Bonchev–Trinajstić information content (AvgIpc) is 3.09. The summed E-state index contributed by atoms with van der Waals surface area (Å²) < 4.78 is 27.0. The molecule has 1 saturated carbocycles. The quantitative estimate of drug-likeness (QED) is 0.777. The summed E-state index contributed by atoms with van der Waals surface area (Å²) in [5.41, 5.74) is 0.310. The maximum absolute atomic E-state index is 12.8. The molecule has 1 aromatic rings. The normalized spacial score (nSPS) is 26.6. The molecule has 1 N–H and O–H groups in total. The molecule has 164 valence electrons. The van der Waals surface area contributed by atoms with Crippen LogP contribution in [-0.4, -0.2) is 43.1 Å². The van der Waals surface area contributed by atoms with Crippen molar-refractivity contribution in [2.75, 3.05) is 13.1 Å². The number of nitrogens with zero attached hydrogens (tertiary/aromatic N) is 3. The predicted molar refractivity (Wildman–Crippen MR) is 119 cm³/mol. The third kappa shape index (κ3) is 4.58. The van der Waals surface area contributed by atoms with Crippen LogP contribution in [0.4, 0.5) is 0 Å². The molecule has 1 aromatic carbocycles. The van der Waals surface area contributed by atoms with Crippen molar-refractivity contribution in [3.05, 3.63) is 40.8 Å². The fourth-order valence-electron chi connectivity index (χ4n) is 4.68. The van der Waals surface area contributed by atoms with Crippen LogP contribution in [0, 0.1) is 23.2 Å². The number of benzene rings is 1. The van der Waals surface area contributed by atoms with Gasteiger partial charge in [-0.1, -0.05) is 31.9 Å². The lowest BCUT2D eigenvalue weighted by Gasteiger charge is -2.34. The summed E-state index contributed by atoms with van der Waals surface area (Å²) in [5.74, 6) is 1.77. The number of carbonyl (C=O) groups is 1. The Balaban J connectivity index is 1.42. The Hall–Kier alpha value is -2.50. The highest BCUT2D eigenvalue weighted by atomic mass is 32.2. The van der Waals surface area contributed by atoms with Gasteiger partial charge in [-0.15, -0.1) is 0 Å². The van der Waals surface area contributed by atoms with Gasteiger partial charge in [0.25, 0.3) is 5.91 Å². The van der Waals surface area contributed by atoms with E-state index in [2.05, 4.69) is 12.2 Å². The molecule has 0 bridgehead atoms.